The highest BCUT2D eigenvalue weighted by Gasteiger charge is 2.48. The van der Waals surface area contributed by atoms with Crippen LogP contribution in [0.2, 0.25) is 10.0 Å². The van der Waals surface area contributed by atoms with Crippen molar-refractivity contribution in [1.82, 2.24) is 15.2 Å². The second-order valence-electron chi connectivity index (χ2n) is 14.1. The molecule has 2 heterocycles. The molecule has 0 radical (unpaired) electrons. The number of amides is 1. The number of rotatable bonds is 19. The van der Waals surface area contributed by atoms with Crippen molar-refractivity contribution in [2.75, 3.05) is 39.5 Å². The topological polar surface area (TPSA) is 154 Å². The first-order valence-electron chi connectivity index (χ1n) is 18.2. The summed E-state index contributed by atoms with van der Waals surface area (Å²) in [6.07, 6.45) is 5.29. The highest BCUT2D eigenvalue weighted by Crippen LogP contribution is 2.53. The van der Waals surface area contributed by atoms with Gasteiger partial charge in [-0.05, 0) is 85.9 Å². The third-order valence-electron chi connectivity index (χ3n) is 10.1. The lowest BCUT2D eigenvalue weighted by Gasteiger charge is -2.35. The minimum atomic E-state index is -1.62. The van der Waals surface area contributed by atoms with E-state index >= 15 is 0 Å². The third-order valence-corrected chi connectivity index (χ3v) is 10.8. The molecule has 2 aromatic carbocycles. The zero-order valence-electron chi connectivity index (χ0n) is 29.3. The van der Waals surface area contributed by atoms with Crippen LogP contribution in [0.4, 0.5) is 0 Å². The molecule has 2 saturated carbocycles. The van der Waals surface area contributed by atoms with Crippen molar-refractivity contribution in [3.05, 3.63) is 81.6 Å². The molecule has 282 valence electrons. The van der Waals surface area contributed by atoms with E-state index in [9.17, 15) is 25.2 Å². The molecular formula is C39H49Cl2N3O8. The van der Waals surface area contributed by atoms with Crippen LogP contribution in [0.3, 0.4) is 0 Å². The van der Waals surface area contributed by atoms with Gasteiger partial charge in [0.2, 0.25) is 5.91 Å². The maximum absolute atomic E-state index is 12.9. The Labute approximate surface area is 314 Å². The second kappa shape index (κ2) is 18.0. The van der Waals surface area contributed by atoms with E-state index < -0.39 is 36.6 Å². The fourth-order valence-corrected chi connectivity index (χ4v) is 7.18. The van der Waals surface area contributed by atoms with Gasteiger partial charge in [0.25, 0.3) is 0 Å². The Hall–Kier alpha value is -2.84. The molecule has 0 bridgehead atoms. The number of aliphatic hydroxyl groups excluding tert-OH is 4. The lowest BCUT2D eigenvalue weighted by atomic mass is 9.96. The monoisotopic (exact) mass is 757 g/mol. The van der Waals surface area contributed by atoms with E-state index in [1.807, 2.05) is 47.5 Å². The van der Waals surface area contributed by atoms with E-state index in [-0.39, 0.29) is 31.6 Å². The zero-order chi connectivity index (χ0) is 36.7. The van der Waals surface area contributed by atoms with Crippen molar-refractivity contribution in [1.29, 1.82) is 0 Å². The van der Waals surface area contributed by atoms with Gasteiger partial charge >= 0.3 is 0 Å². The molecule has 4 atom stereocenters. The van der Waals surface area contributed by atoms with Crippen molar-refractivity contribution < 1.29 is 39.4 Å². The molecular weight excluding hydrogens is 709 g/mol. The molecule has 11 nitrogen and oxygen atoms in total. The quantitative estimate of drug-likeness (QED) is 0.111. The number of hydrogen-bond acceptors (Lipinski definition) is 10. The number of aryl methyl sites for hydroxylation is 1. The molecule has 6 rings (SSSR count). The van der Waals surface area contributed by atoms with Crippen LogP contribution in [0.25, 0.3) is 11.1 Å². The highest BCUT2D eigenvalue weighted by atomic mass is 35.5. The van der Waals surface area contributed by atoms with Gasteiger partial charge in [-0.15, -0.1) is 0 Å². The highest BCUT2D eigenvalue weighted by molar-refractivity contribution is 6.34. The van der Waals surface area contributed by atoms with Crippen LogP contribution >= 0.6 is 23.2 Å². The minimum absolute atomic E-state index is 0.192. The Balaban J connectivity index is 1.02. The molecule has 2 aliphatic carbocycles. The first-order valence-corrected chi connectivity index (χ1v) is 19.0. The molecule has 0 unspecified atom stereocenters. The number of para-hydroxylation sites is 1. The molecule has 5 N–H and O–H groups in total. The summed E-state index contributed by atoms with van der Waals surface area (Å²) in [5.74, 6) is 0.588. The molecule has 3 aliphatic rings. The van der Waals surface area contributed by atoms with Gasteiger partial charge in [-0.1, -0.05) is 41.4 Å². The SMILES string of the molecule is O=C(CCCCc1cc(Cl)c(COC2(c3cnccc3-c3ccccc3OC3CC3)CC2)cc1Cl)N[C@@H](CN1CCOCC1)[C@@H](O)[C@H](O)[C@H](O)CO. The first kappa shape index (κ1) is 38.9. The number of morpholine rings is 1. The molecule has 1 aliphatic heterocycles. The number of unbranched alkanes of at least 4 members (excludes halogenated alkanes) is 1. The number of nitrogens with one attached hydrogen (secondary N) is 1. The Morgan fingerprint density at radius 2 is 1.73 bits per heavy atom. The van der Waals surface area contributed by atoms with Crippen LogP contribution in [0.1, 0.15) is 61.6 Å². The van der Waals surface area contributed by atoms with E-state index in [2.05, 4.69) is 16.4 Å². The van der Waals surface area contributed by atoms with Crippen molar-refractivity contribution in [2.45, 2.75) is 94.0 Å². The van der Waals surface area contributed by atoms with Crippen LogP contribution < -0.4 is 10.1 Å². The Morgan fingerprint density at radius 3 is 2.46 bits per heavy atom. The van der Waals surface area contributed by atoms with Crippen LogP contribution in [0, 0.1) is 0 Å². The standard InChI is InChI=1S/C39H49Cl2N3O8/c40-31-20-26(24-51-39(12-13-39)30-21-42-14-11-28(30)29-6-2-3-7-35(29)52-27-9-10-27)32(41)19-25(31)5-1-4-8-36(47)43-33(22-44-15-17-50-18-16-44)37(48)38(49)34(46)23-45/h2-3,6-7,11,14,19-21,27,33-34,37-38,45-46,48-49H,1,4-5,8-10,12-13,15-18,22-24H2,(H,43,47)/t33-,34+,37+,38+/m0/s1. The van der Waals surface area contributed by atoms with Gasteiger partial charge in [-0.2, -0.15) is 0 Å². The summed E-state index contributed by atoms with van der Waals surface area (Å²) < 4.78 is 18.2. The van der Waals surface area contributed by atoms with E-state index in [4.69, 9.17) is 37.4 Å². The molecule has 52 heavy (non-hydrogen) atoms. The van der Waals surface area contributed by atoms with Gasteiger partial charge < -0.3 is 40.0 Å². The van der Waals surface area contributed by atoms with E-state index in [0.717, 1.165) is 59.3 Å². The van der Waals surface area contributed by atoms with Gasteiger partial charge in [0.1, 0.15) is 24.1 Å². The molecule has 0 spiro atoms. The number of halogens is 2. The number of aromatic nitrogens is 1. The minimum Gasteiger partial charge on any atom is -0.490 e. The second-order valence-corrected chi connectivity index (χ2v) is 14.9. The number of hydrogen-bond donors (Lipinski definition) is 5. The number of aliphatic hydroxyl groups is 4. The van der Waals surface area contributed by atoms with Crippen LogP contribution in [0.15, 0.2) is 54.9 Å². The summed E-state index contributed by atoms with van der Waals surface area (Å²) >= 11 is 13.5. The number of carbonyl (C=O) groups is 1. The fourth-order valence-electron chi connectivity index (χ4n) is 6.66. The average Bonchev–Trinajstić information content (AvgIpc) is 4.11. The predicted molar refractivity (Wildman–Crippen MR) is 197 cm³/mol. The molecule has 13 heteroatoms. The maximum Gasteiger partial charge on any atom is 0.220 e. The van der Waals surface area contributed by atoms with Gasteiger partial charge in [0.15, 0.2) is 0 Å². The number of ether oxygens (including phenoxy) is 3. The summed E-state index contributed by atoms with van der Waals surface area (Å²) in [6, 6.07) is 13.0. The van der Waals surface area contributed by atoms with Crippen molar-refractivity contribution >= 4 is 29.1 Å². The lowest BCUT2D eigenvalue weighted by molar-refractivity contribution is -0.126. The summed E-state index contributed by atoms with van der Waals surface area (Å²) in [6.45, 7) is 2.12. The van der Waals surface area contributed by atoms with Crippen LogP contribution in [0.5, 0.6) is 5.75 Å². The van der Waals surface area contributed by atoms with E-state index in [1.165, 1.54) is 0 Å². The summed E-state index contributed by atoms with van der Waals surface area (Å²) in [4.78, 5) is 19.4. The van der Waals surface area contributed by atoms with Gasteiger partial charge in [0, 0.05) is 59.6 Å². The smallest absolute Gasteiger partial charge is 0.220 e. The fraction of sp³-hybridized carbons (Fsp3) is 0.538. The summed E-state index contributed by atoms with van der Waals surface area (Å²) in [5, 5.41) is 44.2. The average molecular weight is 759 g/mol. The molecule has 1 aromatic heterocycles. The number of pyridine rings is 1. The molecule has 3 aromatic rings. The van der Waals surface area contributed by atoms with E-state index in [0.29, 0.717) is 55.6 Å². The van der Waals surface area contributed by atoms with Crippen LogP contribution in [-0.4, -0.2) is 106 Å². The molecule has 1 saturated heterocycles. The molecule has 3 fully saturated rings. The normalized spacial score (nSPS) is 19.4. The first-order chi connectivity index (χ1) is 25.2. The number of benzene rings is 2. The molecule has 1 amide bonds. The summed E-state index contributed by atoms with van der Waals surface area (Å²) in [7, 11) is 0. The predicted octanol–water partition coefficient (Wildman–Crippen LogP) is 4.41. The zero-order valence-corrected chi connectivity index (χ0v) is 30.8. The van der Waals surface area contributed by atoms with Crippen LogP contribution in [-0.2, 0) is 32.9 Å². The van der Waals surface area contributed by atoms with Gasteiger partial charge in [-0.3, -0.25) is 14.7 Å². The van der Waals surface area contributed by atoms with Crippen molar-refractivity contribution in [3.63, 3.8) is 0 Å². The van der Waals surface area contributed by atoms with Gasteiger partial charge in [-0.25, -0.2) is 0 Å². The number of nitrogens with zero attached hydrogens (tertiary/aromatic N) is 2. The summed E-state index contributed by atoms with van der Waals surface area (Å²) in [5.41, 5.74) is 4.32. The Morgan fingerprint density at radius 1 is 1.00 bits per heavy atom. The largest absolute Gasteiger partial charge is 0.490 e. The maximum atomic E-state index is 12.9. The van der Waals surface area contributed by atoms with Crippen molar-refractivity contribution in [3.8, 4) is 16.9 Å². The Bertz CT molecular complexity index is 1650. The van der Waals surface area contributed by atoms with E-state index in [1.54, 1.807) is 6.20 Å². The lowest BCUT2D eigenvalue weighted by Crippen LogP contribution is -2.57. The number of carbonyl (C=O) groups excluding carboxylic acids is 1. The third kappa shape index (κ3) is 10.0. The van der Waals surface area contributed by atoms with Crippen molar-refractivity contribution in [2.24, 2.45) is 0 Å². The Kier molecular flexibility index (Phi) is 13.4. The van der Waals surface area contributed by atoms with Gasteiger partial charge in [0.05, 0.1) is 44.2 Å².